The van der Waals surface area contributed by atoms with Gasteiger partial charge in [-0.05, 0) is 18.1 Å². The molecular formula is C12H19N3O2. The number of nitrogens with one attached hydrogen (secondary N) is 2. The van der Waals surface area contributed by atoms with Crippen molar-refractivity contribution >= 4 is 11.7 Å². The van der Waals surface area contributed by atoms with Crippen LogP contribution in [0.3, 0.4) is 0 Å². The summed E-state index contributed by atoms with van der Waals surface area (Å²) in [4.78, 5) is 15.3. The summed E-state index contributed by atoms with van der Waals surface area (Å²) in [5.41, 5.74) is 0.628. The van der Waals surface area contributed by atoms with Crippen LogP contribution < -0.4 is 10.6 Å². The first-order valence-corrected chi connectivity index (χ1v) is 5.76. The molecular weight excluding hydrogens is 218 g/mol. The second-order valence-electron chi connectivity index (χ2n) is 4.03. The van der Waals surface area contributed by atoms with Gasteiger partial charge in [0.1, 0.15) is 0 Å². The molecule has 0 saturated heterocycles. The topological polar surface area (TPSA) is 74.2 Å². The molecule has 1 aromatic heterocycles. The van der Waals surface area contributed by atoms with Crippen LogP contribution in [0.4, 0.5) is 10.5 Å². The number of carbonyl (C=O) groups excluding carboxylic acids is 1. The second kappa shape index (κ2) is 6.85. The van der Waals surface area contributed by atoms with E-state index in [4.69, 9.17) is 0 Å². The molecule has 2 amide bonds. The van der Waals surface area contributed by atoms with Crippen molar-refractivity contribution in [3.05, 3.63) is 24.5 Å². The van der Waals surface area contributed by atoms with Gasteiger partial charge in [-0.3, -0.25) is 4.98 Å². The van der Waals surface area contributed by atoms with Gasteiger partial charge >= 0.3 is 6.03 Å². The number of hydrogen-bond donors (Lipinski definition) is 3. The van der Waals surface area contributed by atoms with E-state index in [1.807, 2.05) is 13.8 Å². The van der Waals surface area contributed by atoms with E-state index in [-0.39, 0.29) is 18.5 Å². The third kappa shape index (κ3) is 4.82. The lowest BCUT2D eigenvalue weighted by Crippen LogP contribution is -2.37. The molecule has 1 rings (SSSR count). The minimum Gasteiger partial charge on any atom is -0.391 e. The van der Waals surface area contributed by atoms with E-state index < -0.39 is 6.10 Å². The van der Waals surface area contributed by atoms with Crippen molar-refractivity contribution in [3.63, 3.8) is 0 Å². The Bertz CT molecular complexity index is 343. The summed E-state index contributed by atoms with van der Waals surface area (Å²) in [5.74, 6) is 0.175. The SMILES string of the molecule is CC[C@@H](C)[C@H](O)CNC(=O)Nc1cccnc1. The van der Waals surface area contributed by atoms with E-state index in [1.165, 1.54) is 0 Å². The highest BCUT2D eigenvalue weighted by Gasteiger charge is 2.13. The molecule has 0 bridgehead atoms. The summed E-state index contributed by atoms with van der Waals surface area (Å²) < 4.78 is 0. The molecule has 0 spiro atoms. The Morgan fingerprint density at radius 2 is 2.35 bits per heavy atom. The van der Waals surface area contributed by atoms with Crippen LogP contribution in [0.25, 0.3) is 0 Å². The van der Waals surface area contributed by atoms with E-state index >= 15 is 0 Å². The fraction of sp³-hybridized carbons (Fsp3) is 0.500. The highest BCUT2D eigenvalue weighted by atomic mass is 16.3. The highest BCUT2D eigenvalue weighted by Crippen LogP contribution is 2.06. The fourth-order valence-electron chi connectivity index (χ4n) is 1.28. The van der Waals surface area contributed by atoms with Gasteiger partial charge in [-0.2, -0.15) is 0 Å². The van der Waals surface area contributed by atoms with Crippen molar-refractivity contribution < 1.29 is 9.90 Å². The highest BCUT2D eigenvalue weighted by molar-refractivity contribution is 5.88. The maximum absolute atomic E-state index is 11.5. The number of aromatic nitrogens is 1. The van der Waals surface area contributed by atoms with Crippen molar-refractivity contribution in [2.75, 3.05) is 11.9 Å². The third-order valence-corrected chi connectivity index (χ3v) is 2.69. The zero-order valence-corrected chi connectivity index (χ0v) is 10.2. The summed E-state index contributed by atoms with van der Waals surface area (Å²) in [6, 6.07) is 3.15. The zero-order chi connectivity index (χ0) is 12.7. The number of carbonyl (C=O) groups is 1. The molecule has 1 aromatic rings. The molecule has 17 heavy (non-hydrogen) atoms. The summed E-state index contributed by atoms with van der Waals surface area (Å²) in [6.45, 7) is 4.20. The fourth-order valence-corrected chi connectivity index (χ4v) is 1.28. The van der Waals surface area contributed by atoms with Gasteiger partial charge in [0.2, 0.25) is 0 Å². The molecule has 5 heteroatoms. The number of pyridine rings is 1. The first-order valence-electron chi connectivity index (χ1n) is 5.76. The lowest BCUT2D eigenvalue weighted by Gasteiger charge is -2.17. The Hall–Kier alpha value is -1.62. The van der Waals surface area contributed by atoms with Crippen molar-refractivity contribution in [2.24, 2.45) is 5.92 Å². The lowest BCUT2D eigenvalue weighted by atomic mass is 10.0. The first-order chi connectivity index (χ1) is 8.13. The van der Waals surface area contributed by atoms with E-state index in [0.29, 0.717) is 5.69 Å². The number of aliphatic hydroxyl groups is 1. The molecule has 0 fully saturated rings. The summed E-state index contributed by atoms with van der Waals surface area (Å²) in [7, 11) is 0. The summed E-state index contributed by atoms with van der Waals surface area (Å²) >= 11 is 0. The Morgan fingerprint density at radius 3 is 2.94 bits per heavy atom. The van der Waals surface area contributed by atoms with Crippen LogP contribution in [0, 0.1) is 5.92 Å². The standard InChI is InChI=1S/C12H19N3O2/c1-3-9(2)11(16)8-14-12(17)15-10-5-4-6-13-7-10/h4-7,9,11,16H,3,8H2,1-2H3,(H2,14,15,17)/t9-,11-/m1/s1. The van der Waals surface area contributed by atoms with Crippen LogP contribution in [0.5, 0.6) is 0 Å². The number of amides is 2. The monoisotopic (exact) mass is 237 g/mol. The largest absolute Gasteiger partial charge is 0.391 e. The third-order valence-electron chi connectivity index (χ3n) is 2.69. The molecule has 0 aromatic carbocycles. The molecule has 0 aliphatic rings. The first kappa shape index (κ1) is 13.4. The second-order valence-corrected chi connectivity index (χ2v) is 4.03. The van der Waals surface area contributed by atoms with Gasteiger partial charge in [0.15, 0.2) is 0 Å². The number of aliphatic hydroxyl groups excluding tert-OH is 1. The number of rotatable bonds is 5. The van der Waals surface area contributed by atoms with E-state index in [1.54, 1.807) is 24.5 Å². The molecule has 0 unspecified atom stereocenters. The Morgan fingerprint density at radius 1 is 1.59 bits per heavy atom. The quantitative estimate of drug-likeness (QED) is 0.728. The van der Waals surface area contributed by atoms with Crippen molar-refractivity contribution in [1.29, 1.82) is 0 Å². The molecule has 0 saturated carbocycles. The zero-order valence-electron chi connectivity index (χ0n) is 10.2. The van der Waals surface area contributed by atoms with Crippen LogP contribution >= 0.6 is 0 Å². The minimum absolute atomic E-state index is 0.175. The molecule has 1 heterocycles. The van der Waals surface area contributed by atoms with E-state index in [0.717, 1.165) is 6.42 Å². The van der Waals surface area contributed by atoms with Gasteiger partial charge in [0.25, 0.3) is 0 Å². The van der Waals surface area contributed by atoms with Crippen LogP contribution in [0.1, 0.15) is 20.3 Å². The molecule has 5 nitrogen and oxygen atoms in total. The van der Waals surface area contributed by atoms with Crippen LogP contribution in [0.2, 0.25) is 0 Å². The predicted molar refractivity (Wildman–Crippen MR) is 66.7 cm³/mol. The van der Waals surface area contributed by atoms with Gasteiger partial charge in [-0.1, -0.05) is 20.3 Å². The number of hydrogen-bond acceptors (Lipinski definition) is 3. The maximum atomic E-state index is 11.5. The molecule has 0 aliphatic carbocycles. The van der Waals surface area contributed by atoms with Gasteiger partial charge in [0, 0.05) is 12.7 Å². The minimum atomic E-state index is -0.514. The normalized spacial score (nSPS) is 13.8. The molecule has 2 atom stereocenters. The molecule has 0 radical (unpaired) electrons. The molecule has 0 aliphatic heterocycles. The Labute approximate surface area is 101 Å². The number of anilines is 1. The molecule has 94 valence electrons. The lowest BCUT2D eigenvalue weighted by molar-refractivity contribution is 0.115. The Kier molecular flexibility index (Phi) is 5.42. The van der Waals surface area contributed by atoms with Gasteiger partial charge < -0.3 is 15.7 Å². The predicted octanol–water partition coefficient (Wildman–Crippen LogP) is 1.61. The van der Waals surface area contributed by atoms with Gasteiger partial charge in [-0.15, -0.1) is 0 Å². The van der Waals surface area contributed by atoms with Gasteiger partial charge in [-0.25, -0.2) is 4.79 Å². The van der Waals surface area contributed by atoms with Gasteiger partial charge in [0.05, 0.1) is 18.0 Å². The average Bonchev–Trinajstić information content (AvgIpc) is 2.36. The smallest absolute Gasteiger partial charge is 0.319 e. The molecule has 3 N–H and O–H groups in total. The van der Waals surface area contributed by atoms with Crippen LogP contribution in [0.15, 0.2) is 24.5 Å². The van der Waals surface area contributed by atoms with Crippen molar-refractivity contribution in [2.45, 2.75) is 26.4 Å². The average molecular weight is 237 g/mol. The van der Waals surface area contributed by atoms with E-state index in [2.05, 4.69) is 15.6 Å². The number of urea groups is 1. The maximum Gasteiger partial charge on any atom is 0.319 e. The summed E-state index contributed by atoms with van der Waals surface area (Å²) in [5, 5.41) is 14.9. The van der Waals surface area contributed by atoms with E-state index in [9.17, 15) is 9.90 Å². The Balaban J connectivity index is 2.31. The van der Waals surface area contributed by atoms with Crippen molar-refractivity contribution in [3.8, 4) is 0 Å². The van der Waals surface area contributed by atoms with Crippen LogP contribution in [-0.4, -0.2) is 28.8 Å². The summed E-state index contributed by atoms with van der Waals surface area (Å²) in [6.07, 6.45) is 3.56. The van der Waals surface area contributed by atoms with Crippen molar-refractivity contribution in [1.82, 2.24) is 10.3 Å². The van der Waals surface area contributed by atoms with Crippen LogP contribution in [-0.2, 0) is 0 Å². The number of nitrogens with zero attached hydrogens (tertiary/aromatic N) is 1.